The quantitative estimate of drug-likeness (QED) is 0.769. The van der Waals surface area contributed by atoms with Crippen molar-refractivity contribution in [1.29, 1.82) is 0 Å². The normalized spacial score (nSPS) is 10.2. The van der Waals surface area contributed by atoms with E-state index >= 15 is 0 Å². The number of hydrogen-bond acceptors (Lipinski definition) is 4. The number of para-hydroxylation sites is 1. The molecule has 0 aliphatic rings. The molecule has 0 heterocycles. The van der Waals surface area contributed by atoms with Gasteiger partial charge in [0.15, 0.2) is 11.5 Å². The van der Waals surface area contributed by atoms with Crippen LogP contribution in [0.1, 0.15) is 5.56 Å². The molecule has 134 valence electrons. The Labute approximate surface area is 144 Å². The molecule has 0 atom stereocenters. The molecule has 0 fully saturated rings. The zero-order chi connectivity index (χ0) is 18.2. The summed E-state index contributed by atoms with van der Waals surface area (Å²) in [5.74, 6) is -0.589. The second-order valence-electron chi connectivity index (χ2n) is 5.24. The number of hydrogen-bond donors (Lipinski definition) is 2. The average molecular weight is 350 g/mol. The maximum absolute atomic E-state index is 13.5. The van der Waals surface area contributed by atoms with E-state index in [9.17, 15) is 13.6 Å². The van der Waals surface area contributed by atoms with Gasteiger partial charge in [0.1, 0.15) is 17.3 Å². The molecule has 2 aromatic carbocycles. The second-order valence-corrected chi connectivity index (χ2v) is 5.24. The zero-order valence-corrected chi connectivity index (χ0v) is 14.1. The Morgan fingerprint density at radius 3 is 2.36 bits per heavy atom. The first kappa shape index (κ1) is 18.5. The van der Waals surface area contributed by atoms with Crippen LogP contribution in [0.15, 0.2) is 36.4 Å². The summed E-state index contributed by atoms with van der Waals surface area (Å²) in [7, 11) is 3.11. The number of amides is 1. The summed E-state index contributed by atoms with van der Waals surface area (Å²) in [4.78, 5) is 11.8. The van der Waals surface area contributed by atoms with Gasteiger partial charge >= 0.3 is 0 Å². The number of methoxy groups -OCH3 is 2. The molecule has 0 aromatic heterocycles. The van der Waals surface area contributed by atoms with E-state index in [0.29, 0.717) is 24.5 Å². The van der Waals surface area contributed by atoms with Crippen molar-refractivity contribution < 1.29 is 23.0 Å². The van der Waals surface area contributed by atoms with Gasteiger partial charge in [-0.15, -0.1) is 0 Å². The molecule has 0 saturated heterocycles. The lowest BCUT2D eigenvalue weighted by Crippen LogP contribution is -2.31. The van der Waals surface area contributed by atoms with Crippen molar-refractivity contribution >= 4 is 11.6 Å². The third kappa shape index (κ3) is 5.07. The van der Waals surface area contributed by atoms with Gasteiger partial charge in [0.25, 0.3) is 0 Å². The minimum Gasteiger partial charge on any atom is -0.493 e. The highest BCUT2D eigenvalue weighted by molar-refractivity contribution is 5.80. The van der Waals surface area contributed by atoms with Crippen LogP contribution in [0.25, 0.3) is 0 Å². The molecule has 2 aromatic rings. The summed E-state index contributed by atoms with van der Waals surface area (Å²) in [6.45, 7) is 0.166. The van der Waals surface area contributed by atoms with Crippen molar-refractivity contribution in [2.24, 2.45) is 0 Å². The molecule has 0 aliphatic heterocycles. The number of benzene rings is 2. The average Bonchev–Trinajstić information content (AvgIpc) is 2.61. The van der Waals surface area contributed by atoms with E-state index in [-0.39, 0.29) is 18.1 Å². The van der Waals surface area contributed by atoms with Gasteiger partial charge in [0.2, 0.25) is 5.91 Å². The van der Waals surface area contributed by atoms with E-state index in [2.05, 4.69) is 10.6 Å². The van der Waals surface area contributed by atoms with Gasteiger partial charge in [0.05, 0.1) is 20.8 Å². The summed E-state index contributed by atoms with van der Waals surface area (Å²) < 4.78 is 37.3. The standard InChI is InChI=1S/C18H20F2N2O3/c1-24-15-7-6-12(10-16(15)25-2)8-9-21-17(23)11-22-18-13(19)4-3-5-14(18)20/h3-7,10,22H,8-9,11H2,1-2H3,(H,21,23). The minimum absolute atomic E-state index is 0.218. The summed E-state index contributed by atoms with van der Waals surface area (Å²) in [6.07, 6.45) is 0.583. The topological polar surface area (TPSA) is 59.6 Å². The molecule has 2 N–H and O–H groups in total. The van der Waals surface area contributed by atoms with Crippen molar-refractivity contribution in [3.8, 4) is 11.5 Å². The Bertz CT molecular complexity index is 718. The van der Waals surface area contributed by atoms with Crippen molar-refractivity contribution in [3.63, 3.8) is 0 Å². The smallest absolute Gasteiger partial charge is 0.239 e. The lowest BCUT2D eigenvalue weighted by molar-refractivity contribution is -0.119. The Balaban J connectivity index is 1.81. The number of ether oxygens (including phenoxy) is 2. The van der Waals surface area contributed by atoms with Crippen molar-refractivity contribution in [1.82, 2.24) is 5.32 Å². The van der Waals surface area contributed by atoms with E-state index in [0.717, 1.165) is 17.7 Å². The summed E-state index contributed by atoms with van der Waals surface area (Å²) in [6, 6.07) is 9.01. The lowest BCUT2D eigenvalue weighted by atomic mass is 10.1. The Hall–Kier alpha value is -2.83. The highest BCUT2D eigenvalue weighted by Gasteiger charge is 2.10. The van der Waals surface area contributed by atoms with E-state index in [1.807, 2.05) is 12.1 Å². The fourth-order valence-electron chi connectivity index (χ4n) is 2.28. The van der Waals surface area contributed by atoms with Gasteiger partial charge in [-0.3, -0.25) is 4.79 Å². The van der Waals surface area contributed by atoms with Gasteiger partial charge in [0, 0.05) is 6.54 Å². The number of nitrogens with one attached hydrogen (secondary N) is 2. The van der Waals surface area contributed by atoms with Crippen LogP contribution in [-0.4, -0.2) is 33.2 Å². The van der Waals surface area contributed by atoms with Crippen LogP contribution < -0.4 is 20.1 Å². The van der Waals surface area contributed by atoms with Gasteiger partial charge in [-0.05, 0) is 36.2 Å². The molecule has 1 amide bonds. The Kier molecular flexibility index (Phi) is 6.56. The first-order chi connectivity index (χ1) is 12.0. The maximum atomic E-state index is 13.5. The van der Waals surface area contributed by atoms with Crippen LogP contribution in [0.3, 0.4) is 0 Å². The van der Waals surface area contributed by atoms with Gasteiger partial charge < -0.3 is 20.1 Å². The van der Waals surface area contributed by atoms with Gasteiger partial charge in [-0.2, -0.15) is 0 Å². The van der Waals surface area contributed by atoms with Gasteiger partial charge in [-0.1, -0.05) is 12.1 Å². The summed E-state index contributed by atoms with van der Waals surface area (Å²) >= 11 is 0. The maximum Gasteiger partial charge on any atom is 0.239 e. The molecule has 0 unspecified atom stereocenters. The van der Waals surface area contributed by atoms with Crippen LogP contribution >= 0.6 is 0 Å². The zero-order valence-electron chi connectivity index (χ0n) is 14.1. The number of halogens is 2. The third-order valence-corrected chi connectivity index (χ3v) is 3.57. The summed E-state index contributed by atoms with van der Waals surface area (Å²) in [5, 5.41) is 5.15. The van der Waals surface area contributed by atoms with E-state index in [1.165, 1.54) is 6.07 Å². The largest absolute Gasteiger partial charge is 0.493 e. The van der Waals surface area contributed by atoms with Crippen LogP contribution in [0.5, 0.6) is 11.5 Å². The first-order valence-corrected chi connectivity index (χ1v) is 7.70. The molecule has 25 heavy (non-hydrogen) atoms. The highest BCUT2D eigenvalue weighted by atomic mass is 19.1. The lowest BCUT2D eigenvalue weighted by Gasteiger charge is -2.11. The fraction of sp³-hybridized carbons (Fsp3) is 0.278. The van der Waals surface area contributed by atoms with E-state index in [4.69, 9.17) is 9.47 Å². The number of carbonyl (C=O) groups excluding carboxylic acids is 1. The second kappa shape index (κ2) is 8.86. The van der Waals surface area contributed by atoms with E-state index in [1.54, 1.807) is 20.3 Å². The molecule has 2 rings (SSSR count). The minimum atomic E-state index is -0.738. The molecule has 7 heteroatoms. The van der Waals surface area contributed by atoms with Crippen LogP contribution in [-0.2, 0) is 11.2 Å². The highest BCUT2D eigenvalue weighted by Crippen LogP contribution is 2.27. The summed E-state index contributed by atoms with van der Waals surface area (Å²) in [5.41, 5.74) is 0.656. The molecule has 0 radical (unpaired) electrons. The van der Waals surface area contributed by atoms with Crippen molar-refractivity contribution in [2.45, 2.75) is 6.42 Å². The van der Waals surface area contributed by atoms with Crippen LogP contribution in [0.4, 0.5) is 14.5 Å². The molecule has 0 bridgehead atoms. The Morgan fingerprint density at radius 1 is 1.04 bits per heavy atom. The third-order valence-electron chi connectivity index (χ3n) is 3.57. The molecule has 0 aliphatic carbocycles. The monoisotopic (exact) mass is 350 g/mol. The molecule has 0 spiro atoms. The number of anilines is 1. The van der Waals surface area contributed by atoms with Gasteiger partial charge in [-0.25, -0.2) is 8.78 Å². The fourth-order valence-corrected chi connectivity index (χ4v) is 2.28. The van der Waals surface area contributed by atoms with Crippen LogP contribution in [0, 0.1) is 11.6 Å². The van der Waals surface area contributed by atoms with Crippen molar-refractivity contribution in [3.05, 3.63) is 53.6 Å². The SMILES string of the molecule is COc1ccc(CCNC(=O)CNc2c(F)cccc2F)cc1OC. The van der Waals surface area contributed by atoms with E-state index < -0.39 is 11.6 Å². The molecule has 5 nitrogen and oxygen atoms in total. The molecular weight excluding hydrogens is 330 g/mol. The molecule has 0 saturated carbocycles. The Morgan fingerprint density at radius 2 is 1.72 bits per heavy atom. The number of rotatable bonds is 8. The van der Waals surface area contributed by atoms with Crippen molar-refractivity contribution in [2.75, 3.05) is 32.6 Å². The predicted octanol–water partition coefficient (Wildman–Crippen LogP) is 2.75. The molecular formula is C18H20F2N2O3. The number of carbonyl (C=O) groups is 1. The predicted molar refractivity (Wildman–Crippen MR) is 91.1 cm³/mol. The first-order valence-electron chi connectivity index (χ1n) is 7.70. The van der Waals surface area contributed by atoms with Crippen LogP contribution in [0.2, 0.25) is 0 Å².